The number of rotatable bonds is 9. The highest BCUT2D eigenvalue weighted by Crippen LogP contribution is 2.16. The zero-order valence-electron chi connectivity index (χ0n) is 13.5. The number of aromatic nitrogens is 1. The zero-order chi connectivity index (χ0) is 15.0. The molecular weight excluding hydrogens is 266 g/mol. The van der Waals surface area contributed by atoms with Crippen LogP contribution in [-0.2, 0) is 6.54 Å². The van der Waals surface area contributed by atoms with Gasteiger partial charge in [0.2, 0.25) is 0 Å². The standard InChI is InChI=1S/C16H29N3S/c1-6-15(12-20-5)19(4)16-8-7-14(11-18-16)10-17-9-13(2)3/h7-8,11,13,15,17H,6,9-10,12H2,1-5H3. The summed E-state index contributed by atoms with van der Waals surface area (Å²) < 4.78 is 0. The fraction of sp³-hybridized carbons (Fsp3) is 0.688. The van der Waals surface area contributed by atoms with E-state index in [9.17, 15) is 0 Å². The average molecular weight is 295 g/mol. The lowest BCUT2D eigenvalue weighted by atomic mass is 10.2. The average Bonchev–Trinajstić information content (AvgIpc) is 2.44. The second-order valence-electron chi connectivity index (χ2n) is 5.68. The Morgan fingerprint density at radius 1 is 1.35 bits per heavy atom. The molecule has 0 bridgehead atoms. The number of hydrogen-bond donors (Lipinski definition) is 1. The molecule has 0 amide bonds. The smallest absolute Gasteiger partial charge is 0.128 e. The van der Waals surface area contributed by atoms with E-state index in [-0.39, 0.29) is 0 Å². The van der Waals surface area contributed by atoms with Crippen molar-refractivity contribution < 1.29 is 0 Å². The van der Waals surface area contributed by atoms with E-state index in [1.165, 1.54) is 5.56 Å². The molecule has 0 fully saturated rings. The Bertz CT molecular complexity index is 364. The zero-order valence-corrected chi connectivity index (χ0v) is 14.3. The molecule has 0 aliphatic carbocycles. The summed E-state index contributed by atoms with van der Waals surface area (Å²) in [6.07, 6.45) is 5.30. The van der Waals surface area contributed by atoms with Crippen molar-refractivity contribution in [3.63, 3.8) is 0 Å². The van der Waals surface area contributed by atoms with Crippen LogP contribution in [0.2, 0.25) is 0 Å². The van der Waals surface area contributed by atoms with Gasteiger partial charge in [-0.2, -0.15) is 11.8 Å². The van der Waals surface area contributed by atoms with Gasteiger partial charge in [-0.1, -0.05) is 26.8 Å². The van der Waals surface area contributed by atoms with Crippen LogP contribution in [0.5, 0.6) is 0 Å². The van der Waals surface area contributed by atoms with E-state index in [1.54, 1.807) is 0 Å². The van der Waals surface area contributed by atoms with Gasteiger partial charge in [0.1, 0.15) is 5.82 Å². The van der Waals surface area contributed by atoms with E-state index in [0.717, 1.165) is 31.1 Å². The Morgan fingerprint density at radius 2 is 2.10 bits per heavy atom. The van der Waals surface area contributed by atoms with Crippen LogP contribution in [0.3, 0.4) is 0 Å². The molecule has 1 N–H and O–H groups in total. The molecule has 4 heteroatoms. The SMILES string of the molecule is CCC(CSC)N(C)c1ccc(CNCC(C)C)cn1. The largest absolute Gasteiger partial charge is 0.356 e. The minimum absolute atomic E-state index is 0.558. The van der Waals surface area contributed by atoms with Gasteiger partial charge in [0.25, 0.3) is 0 Å². The fourth-order valence-corrected chi connectivity index (χ4v) is 2.96. The molecule has 1 unspecified atom stereocenters. The third-order valence-electron chi connectivity index (χ3n) is 3.43. The molecule has 114 valence electrons. The van der Waals surface area contributed by atoms with Crippen LogP contribution in [0.25, 0.3) is 0 Å². The molecule has 1 heterocycles. The summed E-state index contributed by atoms with van der Waals surface area (Å²) in [5.41, 5.74) is 1.25. The van der Waals surface area contributed by atoms with Gasteiger partial charge < -0.3 is 10.2 Å². The number of pyridine rings is 1. The molecule has 0 aliphatic rings. The van der Waals surface area contributed by atoms with Crippen LogP contribution in [0.4, 0.5) is 5.82 Å². The van der Waals surface area contributed by atoms with Crippen LogP contribution in [-0.4, -0.2) is 36.6 Å². The van der Waals surface area contributed by atoms with Crippen LogP contribution < -0.4 is 10.2 Å². The quantitative estimate of drug-likeness (QED) is 0.756. The van der Waals surface area contributed by atoms with Gasteiger partial charge in [0.05, 0.1) is 0 Å². The van der Waals surface area contributed by atoms with Crippen LogP contribution in [0.1, 0.15) is 32.8 Å². The Balaban J connectivity index is 2.56. The number of nitrogens with one attached hydrogen (secondary N) is 1. The van der Waals surface area contributed by atoms with Gasteiger partial charge in [-0.25, -0.2) is 4.98 Å². The Kier molecular flexibility index (Phi) is 8.00. The minimum atomic E-state index is 0.558. The molecule has 1 rings (SSSR count). The molecule has 20 heavy (non-hydrogen) atoms. The van der Waals surface area contributed by atoms with Gasteiger partial charge in [0, 0.05) is 31.6 Å². The fourth-order valence-electron chi connectivity index (χ4n) is 2.12. The van der Waals surface area contributed by atoms with E-state index in [4.69, 9.17) is 0 Å². The molecule has 1 aromatic heterocycles. The first-order chi connectivity index (χ1) is 9.58. The van der Waals surface area contributed by atoms with Crippen LogP contribution >= 0.6 is 11.8 Å². The first-order valence-electron chi connectivity index (χ1n) is 7.45. The summed E-state index contributed by atoms with van der Waals surface area (Å²) in [7, 11) is 2.14. The summed E-state index contributed by atoms with van der Waals surface area (Å²) in [5, 5.41) is 3.45. The molecule has 0 spiro atoms. The van der Waals surface area contributed by atoms with Crippen LogP contribution in [0.15, 0.2) is 18.3 Å². The van der Waals surface area contributed by atoms with Crippen molar-refractivity contribution in [2.45, 2.75) is 39.8 Å². The highest BCUT2D eigenvalue weighted by molar-refractivity contribution is 7.98. The summed E-state index contributed by atoms with van der Waals surface area (Å²) in [4.78, 5) is 6.90. The lowest BCUT2D eigenvalue weighted by Crippen LogP contribution is -2.33. The second-order valence-corrected chi connectivity index (χ2v) is 6.59. The lowest BCUT2D eigenvalue weighted by Gasteiger charge is -2.27. The van der Waals surface area contributed by atoms with Crippen molar-refractivity contribution in [2.24, 2.45) is 5.92 Å². The second kappa shape index (κ2) is 9.24. The van der Waals surface area contributed by atoms with Gasteiger partial charge in [-0.3, -0.25) is 0 Å². The third-order valence-corrected chi connectivity index (χ3v) is 4.15. The lowest BCUT2D eigenvalue weighted by molar-refractivity contribution is 0.552. The molecule has 0 saturated heterocycles. The topological polar surface area (TPSA) is 28.2 Å². The number of anilines is 1. The molecule has 3 nitrogen and oxygen atoms in total. The predicted octanol–water partition coefficient (Wildman–Crippen LogP) is 3.41. The maximum atomic E-state index is 4.60. The van der Waals surface area contributed by atoms with Crippen molar-refractivity contribution >= 4 is 17.6 Å². The van der Waals surface area contributed by atoms with Gasteiger partial charge in [-0.15, -0.1) is 0 Å². The first-order valence-corrected chi connectivity index (χ1v) is 8.85. The third kappa shape index (κ3) is 5.71. The number of nitrogens with zero attached hydrogens (tertiary/aromatic N) is 2. The summed E-state index contributed by atoms with van der Waals surface area (Å²) >= 11 is 1.89. The molecular formula is C16H29N3S. The van der Waals surface area contributed by atoms with Gasteiger partial charge in [-0.05, 0) is 36.8 Å². The highest BCUT2D eigenvalue weighted by atomic mass is 32.2. The van der Waals surface area contributed by atoms with E-state index in [1.807, 2.05) is 18.0 Å². The minimum Gasteiger partial charge on any atom is -0.356 e. The number of hydrogen-bond acceptors (Lipinski definition) is 4. The van der Waals surface area contributed by atoms with Crippen molar-refractivity contribution in [1.29, 1.82) is 0 Å². The van der Waals surface area contributed by atoms with E-state index in [0.29, 0.717) is 12.0 Å². The van der Waals surface area contributed by atoms with Crippen molar-refractivity contribution in [2.75, 3.05) is 30.5 Å². The maximum absolute atomic E-state index is 4.60. The van der Waals surface area contributed by atoms with Crippen LogP contribution in [0, 0.1) is 5.92 Å². The Hall–Kier alpha value is -0.740. The molecule has 0 aliphatic heterocycles. The first kappa shape index (κ1) is 17.3. The maximum Gasteiger partial charge on any atom is 0.128 e. The summed E-state index contributed by atoms with van der Waals surface area (Å²) in [6, 6.07) is 4.87. The molecule has 1 aromatic rings. The highest BCUT2D eigenvalue weighted by Gasteiger charge is 2.13. The Labute approximate surface area is 128 Å². The molecule has 1 atom stereocenters. The molecule has 0 radical (unpaired) electrons. The predicted molar refractivity (Wildman–Crippen MR) is 91.6 cm³/mol. The van der Waals surface area contributed by atoms with Crippen molar-refractivity contribution in [3.05, 3.63) is 23.9 Å². The summed E-state index contributed by atoms with van der Waals surface area (Å²) in [5.74, 6) is 2.90. The van der Waals surface area contributed by atoms with E-state index < -0.39 is 0 Å². The van der Waals surface area contributed by atoms with Gasteiger partial charge in [0.15, 0.2) is 0 Å². The van der Waals surface area contributed by atoms with Crippen molar-refractivity contribution in [1.82, 2.24) is 10.3 Å². The summed E-state index contributed by atoms with van der Waals surface area (Å²) in [6.45, 7) is 8.63. The van der Waals surface area contributed by atoms with Crippen molar-refractivity contribution in [3.8, 4) is 0 Å². The monoisotopic (exact) mass is 295 g/mol. The van der Waals surface area contributed by atoms with E-state index in [2.05, 4.69) is 61.4 Å². The normalized spacial score (nSPS) is 12.7. The van der Waals surface area contributed by atoms with E-state index >= 15 is 0 Å². The Morgan fingerprint density at radius 3 is 2.60 bits per heavy atom. The number of thioether (sulfide) groups is 1. The molecule has 0 aromatic carbocycles. The van der Waals surface area contributed by atoms with Gasteiger partial charge >= 0.3 is 0 Å². The molecule has 0 saturated carbocycles.